The van der Waals surface area contributed by atoms with Crippen LogP contribution in [0.4, 0.5) is 4.39 Å². The second-order valence-electron chi connectivity index (χ2n) is 4.88. The summed E-state index contributed by atoms with van der Waals surface area (Å²) < 4.78 is 45.6. The van der Waals surface area contributed by atoms with Crippen molar-refractivity contribution in [1.82, 2.24) is 4.72 Å². The summed E-state index contributed by atoms with van der Waals surface area (Å²) in [6, 6.07) is 3.16. The maximum atomic E-state index is 13.3. The van der Waals surface area contributed by atoms with Crippen LogP contribution < -0.4 is 10.5 Å². The van der Waals surface area contributed by atoms with Crippen LogP contribution in [0.15, 0.2) is 23.1 Å². The predicted octanol–water partition coefficient (Wildman–Crippen LogP) is 1.23. The Labute approximate surface area is 119 Å². The van der Waals surface area contributed by atoms with Crippen molar-refractivity contribution in [3.8, 4) is 0 Å². The monoisotopic (exact) mass is 304 g/mol. The van der Waals surface area contributed by atoms with Gasteiger partial charge in [0.15, 0.2) is 0 Å². The number of nitrogens with two attached hydrogens (primary N) is 1. The van der Waals surface area contributed by atoms with E-state index in [1.807, 2.05) is 13.8 Å². The summed E-state index contributed by atoms with van der Waals surface area (Å²) in [5.41, 5.74) is 5.88. The van der Waals surface area contributed by atoms with Gasteiger partial charge in [-0.3, -0.25) is 0 Å². The lowest BCUT2D eigenvalue weighted by molar-refractivity contribution is 0.157. The van der Waals surface area contributed by atoms with E-state index in [1.54, 1.807) is 0 Å². The molecule has 7 heteroatoms. The van der Waals surface area contributed by atoms with Crippen LogP contribution in [0.2, 0.25) is 0 Å². The molecule has 0 bridgehead atoms. The van der Waals surface area contributed by atoms with E-state index in [-0.39, 0.29) is 30.0 Å². The van der Waals surface area contributed by atoms with E-state index in [4.69, 9.17) is 10.5 Å². The lowest BCUT2D eigenvalue weighted by Gasteiger charge is -2.22. The third-order valence-corrected chi connectivity index (χ3v) is 4.57. The maximum Gasteiger partial charge on any atom is 0.241 e. The highest BCUT2D eigenvalue weighted by atomic mass is 32.2. The summed E-state index contributed by atoms with van der Waals surface area (Å²) in [5.74, 6) is -0.574. The first-order valence-electron chi connectivity index (χ1n) is 6.31. The first-order valence-corrected chi connectivity index (χ1v) is 7.80. The number of rotatable bonds is 7. The number of benzene rings is 1. The third-order valence-electron chi connectivity index (χ3n) is 3.00. The van der Waals surface area contributed by atoms with E-state index in [1.165, 1.54) is 19.2 Å². The van der Waals surface area contributed by atoms with Gasteiger partial charge < -0.3 is 10.5 Å². The van der Waals surface area contributed by atoms with Crippen molar-refractivity contribution < 1.29 is 17.5 Å². The molecule has 0 aliphatic rings. The van der Waals surface area contributed by atoms with Gasteiger partial charge in [0.25, 0.3) is 0 Å². The highest BCUT2D eigenvalue weighted by Gasteiger charge is 2.24. The van der Waals surface area contributed by atoms with Gasteiger partial charge >= 0.3 is 0 Å². The van der Waals surface area contributed by atoms with Crippen molar-refractivity contribution in [1.29, 1.82) is 0 Å². The van der Waals surface area contributed by atoms with E-state index in [9.17, 15) is 12.8 Å². The average Bonchev–Trinajstić information content (AvgIpc) is 2.38. The molecule has 1 aromatic carbocycles. The molecule has 1 aromatic rings. The van der Waals surface area contributed by atoms with Gasteiger partial charge in [-0.25, -0.2) is 17.5 Å². The molecule has 0 amide bonds. The molecule has 5 nitrogen and oxygen atoms in total. The molecule has 0 radical (unpaired) electrons. The quantitative estimate of drug-likeness (QED) is 0.794. The molecular weight excluding hydrogens is 283 g/mol. The molecule has 0 aliphatic carbocycles. The van der Waals surface area contributed by atoms with Crippen LogP contribution in [0.1, 0.15) is 19.4 Å². The van der Waals surface area contributed by atoms with Crippen molar-refractivity contribution in [2.45, 2.75) is 31.3 Å². The Kier molecular flexibility index (Phi) is 6.07. The SMILES string of the molecule is COCC(NS(=O)(=O)c1cc(F)ccc1CN)C(C)C. The normalized spacial score (nSPS) is 13.7. The van der Waals surface area contributed by atoms with Crippen LogP contribution in [0.3, 0.4) is 0 Å². The summed E-state index contributed by atoms with van der Waals surface area (Å²) in [4.78, 5) is -0.123. The molecule has 0 fully saturated rings. The number of hydrogen-bond acceptors (Lipinski definition) is 4. The number of nitrogens with one attached hydrogen (secondary N) is 1. The molecule has 0 aliphatic heterocycles. The van der Waals surface area contributed by atoms with Crippen LogP contribution in [0.5, 0.6) is 0 Å². The van der Waals surface area contributed by atoms with Gasteiger partial charge in [0.05, 0.1) is 11.5 Å². The Hall–Kier alpha value is -1.02. The Morgan fingerprint density at radius 2 is 2.05 bits per heavy atom. The lowest BCUT2D eigenvalue weighted by Crippen LogP contribution is -2.41. The van der Waals surface area contributed by atoms with E-state index in [2.05, 4.69) is 4.72 Å². The highest BCUT2D eigenvalue weighted by Crippen LogP contribution is 2.18. The fraction of sp³-hybridized carbons (Fsp3) is 0.538. The lowest BCUT2D eigenvalue weighted by atomic mass is 10.1. The van der Waals surface area contributed by atoms with Gasteiger partial charge in [0.2, 0.25) is 10.0 Å². The molecule has 0 saturated carbocycles. The van der Waals surface area contributed by atoms with Crippen LogP contribution in [-0.4, -0.2) is 28.2 Å². The van der Waals surface area contributed by atoms with Crippen LogP contribution >= 0.6 is 0 Å². The molecule has 114 valence electrons. The van der Waals surface area contributed by atoms with Gasteiger partial charge in [-0.15, -0.1) is 0 Å². The van der Waals surface area contributed by atoms with Crippen molar-refractivity contribution in [2.75, 3.05) is 13.7 Å². The average molecular weight is 304 g/mol. The van der Waals surface area contributed by atoms with Crippen LogP contribution in [-0.2, 0) is 21.3 Å². The second kappa shape index (κ2) is 7.12. The van der Waals surface area contributed by atoms with Crippen molar-refractivity contribution in [2.24, 2.45) is 11.7 Å². The standard InChI is InChI=1S/C13H21FN2O3S/c1-9(2)12(8-19-3)16-20(17,18)13-6-11(14)5-4-10(13)7-15/h4-6,9,12,16H,7-8,15H2,1-3H3. The topological polar surface area (TPSA) is 81.4 Å². The number of sulfonamides is 1. The van der Waals surface area contributed by atoms with Gasteiger partial charge in [0.1, 0.15) is 5.82 Å². The fourth-order valence-corrected chi connectivity index (χ4v) is 3.38. The first kappa shape index (κ1) is 17.0. The van der Waals surface area contributed by atoms with Crippen LogP contribution in [0, 0.1) is 11.7 Å². The largest absolute Gasteiger partial charge is 0.383 e. The zero-order valence-electron chi connectivity index (χ0n) is 11.9. The smallest absolute Gasteiger partial charge is 0.241 e. The van der Waals surface area contributed by atoms with Crippen molar-refractivity contribution in [3.05, 3.63) is 29.6 Å². The minimum atomic E-state index is -3.84. The summed E-state index contributed by atoms with van der Waals surface area (Å²) in [7, 11) is -2.34. The molecule has 20 heavy (non-hydrogen) atoms. The Balaban J connectivity index is 3.13. The molecule has 0 aromatic heterocycles. The zero-order valence-corrected chi connectivity index (χ0v) is 12.7. The molecule has 0 heterocycles. The molecule has 1 rings (SSSR count). The number of methoxy groups -OCH3 is 1. The molecule has 3 N–H and O–H groups in total. The fourth-order valence-electron chi connectivity index (χ4n) is 1.75. The van der Waals surface area contributed by atoms with Gasteiger partial charge in [0, 0.05) is 19.7 Å². The molecule has 1 unspecified atom stereocenters. The summed E-state index contributed by atoms with van der Waals surface area (Å²) in [6.45, 7) is 4.01. The van der Waals surface area contributed by atoms with Gasteiger partial charge in [-0.2, -0.15) is 0 Å². The number of hydrogen-bond donors (Lipinski definition) is 2. The minimum Gasteiger partial charge on any atom is -0.383 e. The second-order valence-corrected chi connectivity index (χ2v) is 6.57. The van der Waals surface area contributed by atoms with Crippen molar-refractivity contribution >= 4 is 10.0 Å². The minimum absolute atomic E-state index is 0.0210. The maximum absolute atomic E-state index is 13.3. The van der Waals surface area contributed by atoms with E-state index >= 15 is 0 Å². The highest BCUT2D eigenvalue weighted by molar-refractivity contribution is 7.89. The van der Waals surface area contributed by atoms with E-state index in [0.717, 1.165) is 6.07 Å². The van der Waals surface area contributed by atoms with Crippen LogP contribution in [0.25, 0.3) is 0 Å². The van der Waals surface area contributed by atoms with Gasteiger partial charge in [-0.05, 0) is 23.6 Å². The summed E-state index contributed by atoms with van der Waals surface area (Å²) in [5, 5.41) is 0. The van der Waals surface area contributed by atoms with Gasteiger partial charge in [-0.1, -0.05) is 19.9 Å². The van der Waals surface area contributed by atoms with E-state index in [0.29, 0.717) is 5.56 Å². The molecule has 1 atom stereocenters. The summed E-state index contributed by atoms with van der Waals surface area (Å²) in [6.07, 6.45) is 0. The third kappa shape index (κ3) is 4.24. The molecule has 0 spiro atoms. The predicted molar refractivity (Wildman–Crippen MR) is 75.1 cm³/mol. The molecular formula is C13H21FN2O3S. The Morgan fingerprint density at radius 1 is 1.40 bits per heavy atom. The van der Waals surface area contributed by atoms with Crippen molar-refractivity contribution in [3.63, 3.8) is 0 Å². The number of ether oxygens (including phenoxy) is 1. The van der Waals surface area contributed by atoms with E-state index < -0.39 is 15.8 Å². The Bertz CT molecular complexity index is 547. The first-order chi connectivity index (χ1) is 9.31. The zero-order chi connectivity index (χ0) is 15.3. The Morgan fingerprint density at radius 3 is 2.55 bits per heavy atom. The number of halogens is 1. The molecule has 0 saturated heterocycles. The summed E-state index contributed by atoms with van der Waals surface area (Å²) >= 11 is 0.